The van der Waals surface area contributed by atoms with Crippen LogP contribution in [0.2, 0.25) is 5.02 Å². The van der Waals surface area contributed by atoms with E-state index >= 15 is 0 Å². The Balaban J connectivity index is 2.52. The van der Waals surface area contributed by atoms with Gasteiger partial charge in [0.15, 0.2) is 0 Å². The summed E-state index contributed by atoms with van der Waals surface area (Å²) in [4.78, 5) is 0. The van der Waals surface area contributed by atoms with Gasteiger partial charge in [-0.1, -0.05) is 33.6 Å². The lowest BCUT2D eigenvalue weighted by Crippen LogP contribution is -1.99. The Morgan fingerprint density at radius 2 is 1.80 bits per heavy atom. The van der Waals surface area contributed by atoms with Crippen molar-refractivity contribution in [3.63, 3.8) is 0 Å². The van der Waals surface area contributed by atoms with E-state index in [9.17, 15) is 0 Å². The third kappa shape index (κ3) is 3.30. The largest absolute Gasteiger partial charge is 0.496 e. The summed E-state index contributed by atoms with van der Waals surface area (Å²) in [5, 5.41) is 0.384. The van der Waals surface area contributed by atoms with Crippen LogP contribution in [-0.2, 0) is 0 Å². The SMILES string of the molecule is COc1cc(C)c(Br)cc1C(Cl)c1cc(C)cc(Cl)c1. The third-order valence-electron chi connectivity index (χ3n) is 3.14. The van der Waals surface area contributed by atoms with Crippen LogP contribution in [0.4, 0.5) is 0 Å². The van der Waals surface area contributed by atoms with Gasteiger partial charge in [-0.3, -0.25) is 0 Å². The van der Waals surface area contributed by atoms with Gasteiger partial charge in [-0.2, -0.15) is 0 Å². The predicted octanol–water partition coefficient (Wildman–Crippen LogP) is 6.06. The maximum atomic E-state index is 6.62. The van der Waals surface area contributed by atoms with Crippen LogP contribution in [0.3, 0.4) is 0 Å². The van der Waals surface area contributed by atoms with Crippen molar-refractivity contribution in [3.05, 3.63) is 62.1 Å². The number of benzene rings is 2. The van der Waals surface area contributed by atoms with E-state index in [2.05, 4.69) is 15.9 Å². The Hall–Kier alpha value is -0.700. The molecule has 0 N–H and O–H groups in total. The zero-order chi connectivity index (χ0) is 14.9. The van der Waals surface area contributed by atoms with Crippen molar-refractivity contribution in [2.24, 2.45) is 0 Å². The molecule has 106 valence electrons. The lowest BCUT2D eigenvalue weighted by atomic mass is 10.0. The molecule has 2 aromatic rings. The van der Waals surface area contributed by atoms with Gasteiger partial charge < -0.3 is 4.74 Å². The minimum Gasteiger partial charge on any atom is -0.496 e. The number of hydrogen-bond donors (Lipinski definition) is 0. The van der Waals surface area contributed by atoms with Crippen molar-refractivity contribution in [3.8, 4) is 5.75 Å². The van der Waals surface area contributed by atoms with E-state index in [1.54, 1.807) is 7.11 Å². The maximum Gasteiger partial charge on any atom is 0.124 e. The summed E-state index contributed by atoms with van der Waals surface area (Å²) in [7, 11) is 1.65. The molecule has 0 saturated heterocycles. The average molecular weight is 374 g/mol. The molecule has 4 heteroatoms. The average Bonchev–Trinajstić information content (AvgIpc) is 2.39. The van der Waals surface area contributed by atoms with E-state index in [0.29, 0.717) is 5.02 Å². The minimum absolute atomic E-state index is 0.306. The van der Waals surface area contributed by atoms with E-state index < -0.39 is 0 Å². The summed E-state index contributed by atoms with van der Waals surface area (Å²) in [6, 6.07) is 9.82. The summed E-state index contributed by atoms with van der Waals surface area (Å²) in [5.74, 6) is 0.781. The second-order valence-corrected chi connectivity index (χ2v) is 6.50. The molecule has 0 amide bonds. The van der Waals surface area contributed by atoms with E-state index in [0.717, 1.165) is 32.5 Å². The van der Waals surface area contributed by atoms with Crippen LogP contribution in [0.1, 0.15) is 27.6 Å². The topological polar surface area (TPSA) is 9.23 Å². The molecular formula is C16H15BrCl2O. The first-order valence-corrected chi connectivity index (χ1v) is 7.78. The standard InChI is InChI=1S/C16H15BrCl2O/c1-9-4-11(7-12(18)5-9)16(19)13-8-14(17)10(2)6-15(13)20-3/h4-8,16H,1-3H3. The summed E-state index contributed by atoms with van der Waals surface area (Å²) < 4.78 is 6.46. The highest BCUT2D eigenvalue weighted by molar-refractivity contribution is 9.10. The van der Waals surface area contributed by atoms with E-state index in [4.69, 9.17) is 27.9 Å². The fourth-order valence-electron chi connectivity index (χ4n) is 2.14. The highest BCUT2D eigenvalue weighted by Gasteiger charge is 2.18. The van der Waals surface area contributed by atoms with Gasteiger partial charge in [0.25, 0.3) is 0 Å². The molecule has 0 bridgehead atoms. The van der Waals surface area contributed by atoms with Crippen molar-refractivity contribution in [2.75, 3.05) is 7.11 Å². The van der Waals surface area contributed by atoms with Crippen LogP contribution < -0.4 is 4.74 Å². The van der Waals surface area contributed by atoms with Crippen LogP contribution in [0.5, 0.6) is 5.75 Å². The van der Waals surface area contributed by atoms with Crippen molar-refractivity contribution in [1.29, 1.82) is 0 Å². The Morgan fingerprint density at radius 3 is 2.40 bits per heavy atom. The van der Waals surface area contributed by atoms with Gasteiger partial charge >= 0.3 is 0 Å². The molecule has 0 radical (unpaired) electrons. The number of rotatable bonds is 3. The molecular weight excluding hydrogens is 359 g/mol. The van der Waals surface area contributed by atoms with Gasteiger partial charge in [0.2, 0.25) is 0 Å². The molecule has 1 unspecified atom stereocenters. The van der Waals surface area contributed by atoms with Crippen LogP contribution in [-0.4, -0.2) is 7.11 Å². The van der Waals surface area contributed by atoms with Crippen LogP contribution in [0.25, 0.3) is 0 Å². The Morgan fingerprint density at radius 1 is 1.10 bits per heavy atom. The molecule has 2 aromatic carbocycles. The smallest absolute Gasteiger partial charge is 0.124 e. The summed E-state index contributed by atoms with van der Waals surface area (Å²) in [6.45, 7) is 4.02. The van der Waals surface area contributed by atoms with Gasteiger partial charge in [0.05, 0.1) is 12.5 Å². The quantitative estimate of drug-likeness (QED) is 0.594. The summed E-state index contributed by atoms with van der Waals surface area (Å²) in [5.41, 5.74) is 4.08. The molecule has 1 nitrogen and oxygen atoms in total. The molecule has 0 heterocycles. The van der Waals surface area contributed by atoms with Gasteiger partial charge in [-0.25, -0.2) is 0 Å². The second kappa shape index (κ2) is 6.38. The van der Waals surface area contributed by atoms with Gasteiger partial charge in [-0.05, 0) is 54.8 Å². The van der Waals surface area contributed by atoms with Crippen LogP contribution in [0, 0.1) is 13.8 Å². The summed E-state index contributed by atoms with van der Waals surface area (Å²) >= 11 is 16.3. The number of hydrogen-bond acceptors (Lipinski definition) is 1. The molecule has 0 aliphatic heterocycles. The van der Waals surface area contributed by atoms with E-state index in [1.807, 2.05) is 44.2 Å². The summed E-state index contributed by atoms with van der Waals surface area (Å²) in [6.07, 6.45) is 0. The molecule has 0 saturated carbocycles. The molecule has 0 aromatic heterocycles. The number of methoxy groups -OCH3 is 1. The first-order chi connectivity index (χ1) is 9.42. The fraction of sp³-hybridized carbons (Fsp3) is 0.250. The maximum absolute atomic E-state index is 6.62. The molecule has 0 spiro atoms. The molecule has 0 fully saturated rings. The van der Waals surface area contributed by atoms with Crippen molar-refractivity contribution >= 4 is 39.1 Å². The van der Waals surface area contributed by atoms with Gasteiger partial charge in [-0.15, -0.1) is 11.6 Å². The van der Waals surface area contributed by atoms with Crippen molar-refractivity contribution < 1.29 is 4.74 Å². The van der Waals surface area contributed by atoms with Crippen LogP contribution >= 0.6 is 39.1 Å². The van der Waals surface area contributed by atoms with Gasteiger partial charge in [0.1, 0.15) is 5.75 Å². The zero-order valence-electron chi connectivity index (χ0n) is 11.5. The molecule has 0 aliphatic rings. The number of ether oxygens (including phenoxy) is 1. The zero-order valence-corrected chi connectivity index (χ0v) is 14.6. The molecule has 1 atom stereocenters. The predicted molar refractivity (Wildman–Crippen MR) is 89.3 cm³/mol. The Kier molecular flexibility index (Phi) is 5.00. The lowest BCUT2D eigenvalue weighted by molar-refractivity contribution is 0.409. The monoisotopic (exact) mass is 372 g/mol. The Labute approximate surface area is 138 Å². The minimum atomic E-state index is -0.306. The van der Waals surface area contributed by atoms with E-state index in [1.165, 1.54) is 0 Å². The highest BCUT2D eigenvalue weighted by Crippen LogP contribution is 2.39. The first-order valence-electron chi connectivity index (χ1n) is 6.17. The van der Waals surface area contributed by atoms with Crippen molar-refractivity contribution in [1.82, 2.24) is 0 Å². The number of alkyl halides is 1. The van der Waals surface area contributed by atoms with E-state index in [-0.39, 0.29) is 5.38 Å². The van der Waals surface area contributed by atoms with Crippen molar-refractivity contribution in [2.45, 2.75) is 19.2 Å². The molecule has 2 rings (SSSR count). The molecule has 20 heavy (non-hydrogen) atoms. The number of halogens is 3. The third-order valence-corrected chi connectivity index (χ3v) is 4.70. The van der Waals surface area contributed by atoms with Gasteiger partial charge in [0, 0.05) is 15.1 Å². The first kappa shape index (κ1) is 15.7. The second-order valence-electron chi connectivity index (χ2n) is 4.77. The number of aryl methyl sites for hydroxylation is 2. The normalized spacial score (nSPS) is 12.3. The lowest BCUT2D eigenvalue weighted by Gasteiger charge is -2.17. The highest BCUT2D eigenvalue weighted by atomic mass is 79.9. The fourth-order valence-corrected chi connectivity index (χ4v) is 3.09. The van der Waals surface area contributed by atoms with Crippen LogP contribution in [0.15, 0.2) is 34.8 Å². The molecule has 0 aliphatic carbocycles. The Bertz CT molecular complexity index is 620.